The van der Waals surface area contributed by atoms with E-state index >= 15 is 0 Å². The van der Waals surface area contributed by atoms with Crippen molar-refractivity contribution in [2.24, 2.45) is 29.4 Å². The number of aromatic hydroxyl groups is 1. The Labute approximate surface area is 228 Å². The zero-order valence-electron chi connectivity index (χ0n) is 22.0. The van der Waals surface area contributed by atoms with Crippen molar-refractivity contribution in [3.63, 3.8) is 0 Å². The number of morpholine rings is 1. The van der Waals surface area contributed by atoms with Gasteiger partial charge in [0.25, 0.3) is 11.7 Å². The summed E-state index contributed by atoms with van der Waals surface area (Å²) in [4.78, 5) is 82.2. The largest absolute Gasteiger partial charge is 0.507 e. The van der Waals surface area contributed by atoms with Crippen molar-refractivity contribution in [1.82, 2.24) is 9.80 Å². The zero-order chi connectivity index (χ0) is 29.3. The summed E-state index contributed by atoms with van der Waals surface area (Å²) in [5.74, 6) is -12.1. The number of nitrogens with zero attached hydrogens (tertiary/aromatic N) is 2. The molecule has 3 aliphatic carbocycles. The summed E-state index contributed by atoms with van der Waals surface area (Å²) in [7, 11) is 3.10. The number of phenols is 1. The van der Waals surface area contributed by atoms with E-state index < -0.39 is 82.1 Å². The molecule has 1 aliphatic heterocycles. The molecular weight excluding hydrogens is 526 g/mol. The van der Waals surface area contributed by atoms with Gasteiger partial charge in [0.15, 0.2) is 23.0 Å². The number of amides is 2. The fraction of sp³-hybridized carbons (Fsp3) is 0.556. The summed E-state index contributed by atoms with van der Waals surface area (Å²) in [6.45, 7) is 0.987. The van der Waals surface area contributed by atoms with Gasteiger partial charge in [0, 0.05) is 30.6 Å². The number of phenolic OH excluding ortho intramolecular Hbond substituents is 1. The number of nitrogens with two attached hydrogens (primary N) is 1. The highest BCUT2D eigenvalue weighted by Crippen LogP contribution is 2.51. The standard InChI is InChI=1S/C27H31N3O10/c1-29(2)19-14-10-11-9-13-12(20(32)26(38)30-5-7-40-8-6-30)3-4-15(31)17(13)21(33)16(11)23(35)27(14,39)24(36)18(22(19)34)25(28)37/h3-4,11,14,16,18-19,22,31,34,39H,5-10H2,1-2H3,(H2,28,37)/t11-,14-,16?,18?,19?,22?,27-/m1/s1. The van der Waals surface area contributed by atoms with Gasteiger partial charge in [-0.1, -0.05) is 0 Å². The van der Waals surface area contributed by atoms with Crippen LogP contribution in [0.15, 0.2) is 12.1 Å². The highest BCUT2D eigenvalue weighted by atomic mass is 16.5. The summed E-state index contributed by atoms with van der Waals surface area (Å²) < 4.78 is 5.23. The Kier molecular flexibility index (Phi) is 6.89. The number of carbonyl (C=O) groups excluding carboxylic acids is 6. The van der Waals surface area contributed by atoms with Gasteiger partial charge in [-0.05, 0) is 50.6 Å². The van der Waals surface area contributed by atoms with E-state index in [1.54, 1.807) is 14.1 Å². The number of rotatable bonds is 4. The number of ketones is 4. The second kappa shape index (κ2) is 9.84. The molecule has 2 saturated carbocycles. The summed E-state index contributed by atoms with van der Waals surface area (Å²) in [5, 5.41) is 33.2. The van der Waals surface area contributed by atoms with Crippen LogP contribution in [0.1, 0.15) is 32.7 Å². The van der Waals surface area contributed by atoms with Crippen LogP contribution in [0.3, 0.4) is 0 Å². The normalized spacial score (nSPS) is 33.7. The number of Topliss-reactive ketones (excluding diaryl/α,β-unsaturated/α-hetero) is 4. The quantitative estimate of drug-likeness (QED) is 0.176. The van der Waals surface area contributed by atoms with Gasteiger partial charge >= 0.3 is 0 Å². The Morgan fingerprint density at radius 2 is 1.75 bits per heavy atom. The molecule has 1 aromatic carbocycles. The van der Waals surface area contributed by atoms with Crippen LogP contribution in [0.25, 0.3) is 0 Å². The molecular formula is C27H31N3O10. The van der Waals surface area contributed by atoms with Crippen molar-refractivity contribution in [1.29, 1.82) is 0 Å². The van der Waals surface area contributed by atoms with Crippen molar-refractivity contribution in [2.45, 2.75) is 30.6 Å². The van der Waals surface area contributed by atoms with Crippen molar-refractivity contribution in [3.8, 4) is 5.75 Å². The molecule has 0 aromatic heterocycles. The van der Waals surface area contributed by atoms with Crippen LogP contribution < -0.4 is 5.73 Å². The highest BCUT2D eigenvalue weighted by molar-refractivity contribution is 6.43. The van der Waals surface area contributed by atoms with E-state index in [2.05, 4.69) is 0 Å². The predicted octanol–water partition coefficient (Wildman–Crippen LogP) is -2.30. The highest BCUT2D eigenvalue weighted by Gasteiger charge is 2.69. The topological polar surface area (TPSA) is 205 Å². The molecule has 5 N–H and O–H groups in total. The van der Waals surface area contributed by atoms with Crippen LogP contribution in [-0.4, -0.2) is 118 Å². The maximum atomic E-state index is 13.9. The second-order valence-corrected chi connectivity index (χ2v) is 11.2. The number of hydrogen-bond donors (Lipinski definition) is 4. The molecule has 13 heteroatoms. The number of aliphatic hydroxyl groups excluding tert-OH is 1. The first-order valence-electron chi connectivity index (χ1n) is 13.1. The van der Waals surface area contributed by atoms with Crippen LogP contribution in [0.5, 0.6) is 5.75 Å². The Bertz CT molecular complexity index is 1340. The van der Waals surface area contributed by atoms with Crippen LogP contribution >= 0.6 is 0 Å². The first kappa shape index (κ1) is 28.0. The number of aliphatic hydroxyl groups is 2. The van der Waals surface area contributed by atoms with Crippen LogP contribution in [-0.2, 0) is 30.3 Å². The Balaban J connectivity index is 1.58. The molecule has 1 heterocycles. The van der Waals surface area contributed by atoms with Gasteiger partial charge in [-0.15, -0.1) is 0 Å². The maximum absolute atomic E-state index is 13.9. The summed E-state index contributed by atoms with van der Waals surface area (Å²) in [5.41, 5.74) is 2.29. The number of ether oxygens (including phenoxy) is 1. The molecule has 2 amide bonds. The van der Waals surface area contributed by atoms with Gasteiger partial charge in [-0.2, -0.15) is 0 Å². The molecule has 3 fully saturated rings. The van der Waals surface area contributed by atoms with Gasteiger partial charge in [0.1, 0.15) is 11.7 Å². The van der Waals surface area contributed by atoms with Crippen LogP contribution in [0.2, 0.25) is 0 Å². The van der Waals surface area contributed by atoms with Gasteiger partial charge < -0.3 is 35.6 Å². The molecule has 1 saturated heterocycles. The molecule has 5 rings (SSSR count). The lowest BCUT2D eigenvalue weighted by Crippen LogP contribution is -2.75. The van der Waals surface area contributed by atoms with Crippen molar-refractivity contribution >= 4 is 34.9 Å². The molecule has 13 nitrogen and oxygen atoms in total. The second-order valence-electron chi connectivity index (χ2n) is 11.2. The Morgan fingerprint density at radius 1 is 1.10 bits per heavy atom. The lowest BCUT2D eigenvalue weighted by Gasteiger charge is -2.54. The van der Waals surface area contributed by atoms with E-state index in [0.29, 0.717) is 0 Å². The molecule has 214 valence electrons. The Hall–Kier alpha value is -3.52. The number of likely N-dealkylation sites (N-methyl/N-ethyl adjacent to an activating group) is 1. The monoisotopic (exact) mass is 557 g/mol. The molecule has 40 heavy (non-hydrogen) atoms. The SMILES string of the molecule is CN(C)C1C(O)C(C(N)=O)C(=O)[C@]2(O)C(=O)C3C(=O)c4c(O)ccc(C(=O)C(=O)N5CCOCC5)c4C[C@@H]3C[C@H]12. The number of fused-ring (bicyclic) bond motifs is 3. The molecule has 0 radical (unpaired) electrons. The minimum Gasteiger partial charge on any atom is -0.507 e. The van der Waals surface area contributed by atoms with Gasteiger partial charge in [-0.3, -0.25) is 28.8 Å². The van der Waals surface area contributed by atoms with E-state index in [9.17, 15) is 44.1 Å². The minimum atomic E-state index is -2.78. The lowest BCUT2D eigenvalue weighted by atomic mass is 9.52. The average molecular weight is 558 g/mol. The van der Waals surface area contributed by atoms with Gasteiger partial charge in [0.2, 0.25) is 5.91 Å². The minimum absolute atomic E-state index is 0.0814. The van der Waals surface area contributed by atoms with E-state index in [4.69, 9.17) is 10.5 Å². The molecule has 4 unspecified atom stereocenters. The third-order valence-corrected chi connectivity index (χ3v) is 8.91. The van der Waals surface area contributed by atoms with Crippen LogP contribution in [0, 0.1) is 23.7 Å². The lowest BCUT2D eigenvalue weighted by molar-refractivity contribution is -0.190. The number of carbonyl (C=O) groups is 6. The maximum Gasteiger partial charge on any atom is 0.295 e. The van der Waals surface area contributed by atoms with Gasteiger partial charge in [0.05, 0.1) is 30.8 Å². The smallest absolute Gasteiger partial charge is 0.295 e. The van der Waals surface area contributed by atoms with Crippen molar-refractivity contribution < 1.29 is 48.8 Å². The van der Waals surface area contributed by atoms with Crippen molar-refractivity contribution in [2.75, 3.05) is 40.4 Å². The van der Waals surface area contributed by atoms with E-state index in [-0.39, 0.29) is 55.8 Å². The average Bonchev–Trinajstić information content (AvgIpc) is 2.90. The fourth-order valence-electron chi connectivity index (χ4n) is 7.06. The van der Waals surface area contributed by atoms with E-state index in [0.717, 1.165) is 6.07 Å². The third kappa shape index (κ3) is 3.91. The van der Waals surface area contributed by atoms with E-state index in [1.807, 2.05) is 0 Å². The first-order chi connectivity index (χ1) is 18.8. The molecule has 1 aromatic rings. The summed E-state index contributed by atoms with van der Waals surface area (Å²) in [6.07, 6.45) is -1.80. The molecule has 4 aliphatic rings. The third-order valence-electron chi connectivity index (χ3n) is 8.91. The molecule has 0 bridgehead atoms. The number of hydrogen-bond acceptors (Lipinski definition) is 11. The van der Waals surface area contributed by atoms with E-state index in [1.165, 1.54) is 15.9 Å². The summed E-state index contributed by atoms with van der Waals surface area (Å²) in [6, 6.07) is 1.31. The molecule has 0 spiro atoms. The summed E-state index contributed by atoms with van der Waals surface area (Å²) >= 11 is 0. The number of benzene rings is 1. The van der Waals surface area contributed by atoms with Crippen molar-refractivity contribution in [3.05, 3.63) is 28.8 Å². The van der Waals surface area contributed by atoms with Gasteiger partial charge in [-0.25, -0.2) is 0 Å². The van der Waals surface area contributed by atoms with Crippen LogP contribution in [0.4, 0.5) is 0 Å². The zero-order valence-corrected chi connectivity index (χ0v) is 22.0. The Morgan fingerprint density at radius 3 is 2.35 bits per heavy atom. The molecule has 7 atom stereocenters. The fourth-order valence-corrected chi connectivity index (χ4v) is 7.06. The number of primary amides is 1. The predicted molar refractivity (Wildman–Crippen MR) is 134 cm³/mol. The first-order valence-corrected chi connectivity index (χ1v) is 13.1.